The van der Waals surface area contributed by atoms with E-state index in [4.69, 9.17) is 23.2 Å². The fourth-order valence-electron chi connectivity index (χ4n) is 1.70. The molecular formula is C13H18Cl2FN. The Labute approximate surface area is 112 Å². The van der Waals surface area contributed by atoms with Gasteiger partial charge in [-0.2, -0.15) is 0 Å². The molecule has 0 bridgehead atoms. The van der Waals surface area contributed by atoms with Gasteiger partial charge in [0.05, 0.1) is 10.0 Å². The van der Waals surface area contributed by atoms with Crippen LogP contribution in [0, 0.1) is 5.82 Å². The molecule has 0 saturated carbocycles. The first-order valence-corrected chi connectivity index (χ1v) is 6.75. The molecule has 1 N–H and O–H groups in total. The molecule has 0 aliphatic rings. The molecule has 4 heteroatoms. The Morgan fingerprint density at radius 2 is 1.82 bits per heavy atom. The van der Waals surface area contributed by atoms with Crippen LogP contribution < -0.4 is 5.32 Å². The van der Waals surface area contributed by atoms with E-state index in [-0.39, 0.29) is 10.0 Å². The zero-order valence-electron chi connectivity index (χ0n) is 10.2. The van der Waals surface area contributed by atoms with Crippen LogP contribution in [0.25, 0.3) is 0 Å². The van der Waals surface area contributed by atoms with Crippen LogP contribution in [0.4, 0.5) is 10.1 Å². The summed E-state index contributed by atoms with van der Waals surface area (Å²) in [5.74, 6) is -0.555. The lowest BCUT2D eigenvalue weighted by Crippen LogP contribution is -2.18. The Balaban J connectivity index is 2.72. The minimum Gasteiger partial charge on any atom is -0.382 e. The summed E-state index contributed by atoms with van der Waals surface area (Å²) in [5.41, 5.74) is 0.782. The number of rotatable bonds is 6. The SMILES string of the molecule is CCCCC(CC)Nc1cc(Cl)c(F)c(Cl)c1. The van der Waals surface area contributed by atoms with Gasteiger partial charge in [-0.05, 0) is 25.0 Å². The lowest BCUT2D eigenvalue weighted by Gasteiger charge is -2.18. The maximum atomic E-state index is 13.2. The van der Waals surface area contributed by atoms with E-state index < -0.39 is 5.82 Å². The molecule has 0 spiro atoms. The van der Waals surface area contributed by atoms with Crippen LogP contribution in [0.2, 0.25) is 10.0 Å². The molecule has 0 aromatic heterocycles. The highest BCUT2D eigenvalue weighted by molar-refractivity contribution is 6.35. The molecule has 0 saturated heterocycles. The third kappa shape index (κ3) is 4.36. The number of nitrogens with one attached hydrogen (secondary N) is 1. The summed E-state index contributed by atoms with van der Waals surface area (Å²) < 4.78 is 13.2. The van der Waals surface area contributed by atoms with Crippen molar-refractivity contribution in [1.29, 1.82) is 0 Å². The second kappa shape index (κ2) is 7.07. The number of benzene rings is 1. The van der Waals surface area contributed by atoms with Crippen molar-refractivity contribution in [2.45, 2.75) is 45.6 Å². The Kier molecular flexibility index (Phi) is 6.07. The van der Waals surface area contributed by atoms with Crippen LogP contribution in [0.3, 0.4) is 0 Å². The molecule has 0 aliphatic heterocycles. The predicted molar refractivity (Wildman–Crippen MR) is 73.6 cm³/mol. The standard InChI is InChI=1S/C13H18Cl2FN/c1-3-5-6-9(4-2)17-10-7-11(14)13(16)12(15)8-10/h7-9,17H,3-6H2,1-2H3. The topological polar surface area (TPSA) is 12.0 Å². The molecule has 1 aromatic carbocycles. The van der Waals surface area contributed by atoms with Gasteiger partial charge in [0.15, 0.2) is 5.82 Å². The van der Waals surface area contributed by atoms with Crippen LogP contribution in [0.1, 0.15) is 39.5 Å². The highest BCUT2D eigenvalue weighted by Crippen LogP contribution is 2.28. The Hall–Kier alpha value is -0.470. The van der Waals surface area contributed by atoms with Gasteiger partial charge in [-0.3, -0.25) is 0 Å². The van der Waals surface area contributed by atoms with E-state index in [0.717, 1.165) is 18.5 Å². The molecular weight excluding hydrogens is 260 g/mol. The average molecular weight is 278 g/mol. The maximum absolute atomic E-state index is 13.2. The smallest absolute Gasteiger partial charge is 0.160 e. The lowest BCUT2D eigenvalue weighted by molar-refractivity contribution is 0.592. The van der Waals surface area contributed by atoms with Gasteiger partial charge in [-0.1, -0.05) is 49.9 Å². The maximum Gasteiger partial charge on any atom is 0.160 e. The van der Waals surface area contributed by atoms with E-state index in [1.54, 1.807) is 12.1 Å². The molecule has 17 heavy (non-hydrogen) atoms. The van der Waals surface area contributed by atoms with E-state index in [2.05, 4.69) is 19.2 Å². The van der Waals surface area contributed by atoms with Crippen LogP contribution >= 0.6 is 23.2 Å². The molecule has 1 aromatic rings. The molecule has 0 heterocycles. The van der Waals surface area contributed by atoms with Gasteiger partial charge >= 0.3 is 0 Å². The van der Waals surface area contributed by atoms with Crippen LogP contribution in [-0.2, 0) is 0 Å². The minimum atomic E-state index is -0.555. The summed E-state index contributed by atoms with van der Waals surface area (Å²) >= 11 is 11.5. The van der Waals surface area contributed by atoms with Gasteiger partial charge in [0.2, 0.25) is 0 Å². The van der Waals surface area contributed by atoms with Crippen molar-refractivity contribution in [1.82, 2.24) is 0 Å². The normalized spacial score (nSPS) is 12.5. The highest BCUT2D eigenvalue weighted by Gasteiger charge is 2.10. The molecule has 0 radical (unpaired) electrons. The van der Waals surface area contributed by atoms with E-state index >= 15 is 0 Å². The zero-order valence-corrected chi connectivity index (χ0v) is 11.7. The van der Waals surface area contributed by atoms with E-state index in [1.807, 2.05) is 0 Å². The quantitative estimate of drug-likeness (QED) is 0.676. The molecule has 1 nitrogen and oxygen atoms in total. The van der Waals surface area contributed by atoms with Crippen molar-refractivity contribution in [2.75, 3.05) is 5.32 Å². The number of halogens is 3. The third-order valence-corrected chi connectivity index (χ3v) is 3.30. The fourth-order valence-corrected chi connectivity index (χ4v) is 2.19. The first-order valence-electron chi connectivity index (χ1n) is 5.99. The van der Waals surface area contributed by atoms with Crippen LogP contribution in [0.15, 0.2) is 12.1 Å². The summed E-state index contributed by atoms with van der Waals surface area (Å²) in [4.78, 5) is 0. The second-order valence-electron chi connectivity index (χ2n) is 4.15. The molecule has 0 aliphatic carbocycles. The number of hydrogen-bond donors (Lipinski definition) is 1. The van der Waals surface area contributed by atoms with Crippen molar-refractivity contribution >= 4 is 28.9 Å². The van der Waals surface area contributed by atoms with Gasteiger partial charge in [0.1, 0.15) is 0 Å². The van der Waals surface area contributed by atoms with Crippen molar-refractivity contribution in [3.05, 3.63) is 28.0 Å². The molecule has 1 unspecified atom stereocenters. The van der Waals surface area contributed by atoms with Crippen LogP contribution in [0.5, 0.6) is 0 Å². The average Bonchev–Trinajstić information content (AvgIpc) is 2.31. The van der Waals surface area contributed by atoms with Gasteiger partial charge in [-0.15, -0.1) is 0 Å². The number of anilines is 1. The second-order valence-corrected chi connectivity index (χ2v) is 4.96. The van der Waals surface area contributed by atoms with Crippen molar-refractivity contribution in [3.63, 3.8) is 0 Å². The van der Waals surface area contributed by atoms with Crippen molar-refractivity contribution in [2.24, 2.45) is 0 Å². The highest BCUT2D eigenvalue weighted by atomic mass is 35.5. The van der Waals surface area contributed by atoms with Gasteiger partial charge in [0, 0.05) is 11.7 Å². The Bertz CT molecular complexity index is 345. The molecule has 0 fully saturated rings. The Morgan fingerprint density at radius 1 is 1.24 bits per heavy atom. The first-order chi connectivity index (χ1) is 8.08. The summed E-state index contributed by atoms with van der Waals surface area (Å²) in [5, 5.41) is 3.46. The monoisotopic (exact) mass is 277 g/mol. The zero-order chi connectivity index (χ0) is 12.8. The Morgan fingerprint density at radius 3 is 2.29 bits per heavy atom. The van der Waals surface area contributed by atoms with Gasteiger partial charge < -0.3 is 5.32 Å². The van der Waals surface area contributed by atoms with Crippen molar-refractivity contribution < 1.29 is 4.39 Å². The summed E-state index contributed by atoms with van der Waals surface area (Å²) in [6.07, 6.45) is 4.46. The first kappa shape index (κ1) is 14.6. The molecule has 1 rings (SSSR count). The van der Waals surface area contributed by atoms with Gasteiger partial charge in [-0.25, -0.2) is 4.39 Å². The largest absolute Gasteiger partial charge is 0.382 e. The summed E-state index contributed by atoms with van der Waals surface area (Å²) in [6, 6.07) is 3.54. The fraction of sp³-hybridized carbons (Fsp3) is 0.538. The number of hydrogen-bond acceptors (Lipinski definition) is 1. The minimum absolute atomic E-state index is 0.0605. The lowest BCUT2D eigenvalue weighted by atomic mass is 10.1. The third-order valence-electron chi connectivity index (χ3n) is 2.75. The summed E-state index contributed by atoms with van der Waals surface area (Å²) in [7, 11) is 0. The van der Waals surface area contributed by atoms with Gasteiger partial charge in [0.25, 0.3) is 0 Å². The van der Waals surface area contributed by atoms with E-state index in [1.165, 1.54) is 12.8 Å². The van der Waals surface area contributed by atoms with E-state index in [9.17, 15) is 4.39 Å². The van der Waals surface area contributed by atoms with Crippen LogP contribution in [-0.4, -0.2) is 6.04 Å². The van der Waals surface area contributed by atoms with Crippen molar-refractivity contribution in [3.8, 4) is 0 Å². The number of unbranched alkanes of at least 4 members (excludes halogenated alkanes) is 1. The molecule has 1 atom stereocenters. The summed E-state index contributed by atoms with van der Waals surface area (Å²) in [6.45, 7) is 4.29. The molecule has 0 amide bonds. The van der Waals surface area contributed by atoms with E-state index in [0.29, 0.717) is 6.04 Å². The predicted octanol–water partition coefficient (Wildman–Crippen LogP) is 5.51. The molecule has 96 valence electrons.